The zero-order valence-electron chi connectivity index (χ0n) is 7.81. The van der Waals surface area contributed by atoms with Crippen molar-refractivity contribution >= 4 is 0 Å². The fourth-order valence-electron chi connectivity index (χ4n) is 2.19. The molecule has 1 aliphatic carbocycles. The lowest BCUT2D eigenvalue weighted by atomic mass is 10.0. The van der Waals surface area contributed by atoms with Crippen LogP contribution in [0.3, 0.4) is 0 Å². The number of alkyl halides is 3. The highest BCUT2D eigenvalue weighted by Gasteiger charge is 2.47. The average Bonchev–Trinajstić information content (AvgIpc) is 2.42. The summed E-state index contributed by atoms with van der Waals surface area (Å²) >= 11 is 0. The maximum atomic E-state index is 12.5. The quantitative estimate of drug-likeness (QED) is 0.747. The fraction of sp³-hybridized carbons (Fsp3) is 1.00. The molecular weight excluding hydrogens is 195 g/mol. The highest BCUT2D eigenvalue weighted by atomic mass is 19.4. The lowest BCUT2D eigenvalue weighted by molar-refractivity contribution is -0.180. The first-order chi connectivity index (χ1) is 6.57. The van der Waals surface area contributed by atoms with Crippen LogP contribution in [0.4, 0.5) is 13.2 Å². The van der Waals surface area contributed by atoms with Crippen LogP contribution in [0, 0.1) is 5.92 Å². The van der Waals surface area contributed by atoms with Gasteiger partial charge in [-0.1, -0.05) is 6.42 Å². The monoisotopic (exact) mass is 209 g/mol. The molecule has 1 heterocycles. The first-order valence-electron chi connectivity index (χ1n) is 4.98. The van der Waals surface area contributed by atoms with E-state index in [1.807, 2.05) is 0 Å². The van der Waals surface area contributed by atoms with E-state index in [1.54, 1.807) is 0 Å². The van der Waals surface area contributed by atoms with Gasteiger partial charge in [-0.3, -0.25) is 0 Å². The third kappa shape index (κ3) is 2.03. The molecule has 2 unspecified atom stereocenters. The van der Waals surface area contributed by atoms with Gasteiger partial charge in [0.2, 0.25) is 0 Å². The molecule has 82 valence electrons. The van der Waals surface area contributed by atoms with Gasteiger partial charge in [0.1, 0.15) is 0 Å². The van der Waals surface area contributed by atoms with E-state index in [0.29, 0.717) is 26.1 Å². The molecule has 5 heteroatoms. The Hall–Kier alpha value is -0.290. The Labute approximate surface area is 80.8 Å². The van der Waals surface area contributed by atoms with Crippen LogP contribution < -0.4 is 5.32 Å². The summed E-state index contributed by atoms with van der Waals surface area (Å²) in [7, 11) is 0. The van der Waals surface area contributed by atoms with Gasteiger partial charge < -0.3 is 10.1 Å². The zero-order chi connectivity index (χ0) is 10.2. The molecule has 0 amide bonds. The van der Waals surface area contributed by atoms with Crippen molar-refractivity contribution in [2.75, 3.05) is 13.2 Å². The Morgan fingerprint density at radius 2 is 1.86 bits per heavy atom. The molecule has 0 radical (unpaired) electrons. The second-order valence-corrected chi connectivity index (χ2v) is 4.09. The lowest BCUT2D eigenvalue weighted by Gasteiger charge is -2.33. The van der Waals surface area contributed by atoms with Gasteiger partial charge in [-0.15, -0.1) is 0 Å². The number of hydrogen-bond acceptors (Lipinski definition) is 2. The molecule has 1 N–H and O–H groups in total. The predicted molar refractivity (Wildman–Crippen MR) is 44.9 cm³/mol. The maximum Gasteiger partial charge on any atom is 0.393 e. The Balaban J connectivity index is 1.89. The van der Waals surface area contributed by atoms with Crippen LogP contribution in [-0.4, -0.2) is 31.5 Å². The normalized spacial score (nSPS) is 34.5. The number of hydrogen-bond donors (Lipinski definition) is 1. The van der Waals surface area contributed by atoms with Crippen molar-refractivity contribution in [1.82, 2.24) is 5.32 Å². The van der Waals surface area contributed by atoms with E-state index in [2.05, 4.69) is 5.32 Å². The second-order valence-electron chi connectivity index (χ2n) is 4.09. The summed E-state index contributed by atoms with van der Waals surface area (Å²) < 4.78 is 42.5. The minimum Gasteiger partial charge on any atom is -0.378 e. The molecule has 2 aliphatic rings. The molecule has 2 rings (SSSR count). The van der Waals surface area contributed by atoms with Gasteiger partial charge in [-0.05, 0) is 12.8 Å². The summed E-state index contributed by atoms with van der Waals surface area (Å²) in [6.45, 7) is 1.11. The molecular formula is C9H14F3NO. The zero-order valence-corrected chi connectivity index (χ0v) is 7.81. The van der Waals surface area contributed by atoms with Crippen molar-refractivity contribution in [1.29, 1.82) is 0 Å². The van der Waals surface area contributed by atoms with E-state index in [1.165, 1.54) is 0 Å². The molecule has 2 atom stereocenters. The van der Waals surface area contributed by atoms with Crippen molar-refractivity contribution in [3.63, 3.8) is 0 Å². The minimum atomic E-state index is -4.04. The topological polar surface area (TPSA) is 21.3 Å². The summed E-state index contributed by atoms with van der Waals surface area (Å²) in [5.74, 6) is -1.15. The van der Waals surface area contributed by atoms with Gasteiger partial charge in [0.15, 0.2) is 0 Å². The second kappa shape index (κ2) is 3.70. The van der Waals surface area contributed by atoms with Crippen LogP contribution in [0.15, 0.2) is 0 Å². The third-order valence-corrected chi connectivity index (χ3v) is 3.02. The van der Waals surface area contributed by atoms with Gasteiger partial charge in [-0.2, -0.15) is 13.2 Å². The van der Waals surface area contributed by atoms with Gasteiger partial charge >= 0.3 is 6.18 Å². The van der Waals surface area contributed by atoms with E-state index in [4.69, 9.17) is 4.74 Å². The van der Waals surface area contributed by atoms with Crippen LogP contribution in [0.5, 0.6) is 0 Å². The van der Waals surface area contributed by atoms with Crippen molar-refractivity contribution in [2.24, 2.45) is 5.92 Å². The van der Waals surface area contributed by atoms with Crippen LogP contribution in [0.25, 0.3) is 0 Å². The fourth-order valence-corrected chi connectivity index (χ4v) is 2.19. The van der Waals surface area contributed by atoms with Crippen molar-refractivity contribution < 1.29 is 17.9 Å². The number of rotatable bonds is 2. The third-order valence-electron chi connectivity index (χ3n) is 3.02. The van der Waals surface area contributed by atoms with Crippen LogP contribution in [-0.2, 0) is 4.74 Å². The largest absolute Gasteiger partial charge is 0.393 e. The van der Waals surface area contributed by atoms with Crippen molar-refractivity contribution in [3.8, 4) is 0 Å². The molecule has 1 saturated heterocycles. The Kier molecular flexibility index (Phi) is 2.70. The lowest BCUT2D eigenvalue weighted by Crippen LogP contribution is -2.53. The van der Waals surface area contributed by atoms with E-state index < -0.39 is 12.1 Å². The van der Waals surface area contributed by atoms with Crippen molar-refractivity contribution in [3.05, 3.63) is 0 Å². The summed E-state index contributed by atoms with van der Waals surface area (Å²) in [4.78, 5) is 0. The SMILES string of the molecule is FC(F)(F)C1CCCC1NC1COC1. The highest BCUT2D eigenvalue weighted by molar-refractivity contribution is 4.90. The van der Waals surface area contributed by atoms with E-state index in [0.717, 1.165) is 0 Å². The summed E-state index contributed by atoms with van der Waals surface area (Å²) in [6.07, 6.45) is -2.45. The number of halogens is 3. The standard InChI is InChI=1S/C9H14F3NO/c10-9(11,12)7-2-1-3-8(7)13-6-4-14-5-6/h6-8,13H,1-5H2. The predicted octanol–water partition coefficient (Wildman–Crippen LogP) is 1.71. The van der Waals surface area contributed by atoms with E-state index >= 15 is 0 Å². The van der Waals surface area contributed by atoms with Gasteiger partial charge in [-0.25, -0.2) is 0 Å². The Morgan fingerprint density at radius 3 is 2.36 bits per heavy atom. The van der Waals surface area contributed by atoms with E-state index in [9.17, 15) is 13.2 Å². The molecule has 0 aromatic rings. The number of nitrogens with one attached hydrogen (secondary N) is 1. The smallest absolute Gasteiger partial charge is 0.378 e. The first kappa shape index (κ1) is 10.2. The van der Waals surface area contributed by atoms with Gasteiger partial charge in [0, 0.05) is 6.04 Å². The highest BCUT2D eigenvalue weighted by Crippen LogP contribution is 2.39. The van der Waals surface area contributed by atoms with Gasteiger partial charge in [0.25, 0.3) is 0 Å². The molecule has 1 aliphatic heterocycles. The summed E-state index contributed by atoms with van der Waals surface area (Å²) in [5, 5.41) is 3.03. The molecule has 1 saturated carbocycles. The molecule has 0 bridgehead atoms. The number of ether oxygens (including phenoxy) is 1. The summed E-state index contributed by atoms with van der Waals surface area (Å²) in [6, 6.07) is -0.244. The van der Waals surface area contributed by atoms with Crippen LogP contribution >= 0.6 is 0 Å². The van der Waals surface area contributed by atoms with Crippen molar-refractivity contribution in [2.45, 2.75) is 37.5 Å². The Morgan fingerprint density at radius 1 is 1.14 bits per heavy atom. The minimum absolute atomic E-state index is 0.142. The average molecular weight is 209 g/mol. The molecule has 2 nitrogen and oxygen atoms in total. The van der Waals surface area contributed by atoms with Crippen LogP contribution in [0.1, 0.15) is 19.3 Å². The molecule has 14 heavy (non-hydrogen) atoms. The van der Waals surface area contributed by atoms with E-state index in [-0.39, 0.29) is 18.5 Å². The van der Waals surface area contributed by atoms with Gasteiger partial charge in [0.05, 0.1) is 25.2 Å². The molecule has 0 spiro atoms. The Bertz CT molecular complexity index is 203. The maximum absolute atomic E-state index is 12.5. The first-order valence-corrected chi connectivity index (χ1v) is 4.98. The van der Waals surface area contributed by atoms with Crippen LogP contribution in [0.2, 0.25) is 0 Å². The molecule has 2 fully saturated rings. The molecule has 0 aromatic heterocycles. The summed E-state index contributed by atoms with van der Waals surface area (Å²) in [5.41, 5.74) is 0. The molecule has 0 aromatic carbocycles.